The second-order valence-electron chi connectivity index (χ2n) is 4.02. The Kier molecular flexibility index (Phi) is 4.72. The molecule has 0 unspecified atom stereocenters. The summed E-state index contributed by atoms with van der Waals surface area (Å²) in [5.74, 6) is -1.79. The number of rotatable bonds is 5. The Bertz CT molecular complexity index is 645. The first-order valence-electron chi connectivity index (χ1n) is 5.91. The SMILES string of the molecule is CCc1cnc(CNc2ccc(C(=O)O)c(Br)c2F)s1. The number of aryl methyl sites for hydroxylation is 1. The molecule has 0 saturated heterocycles. The third kappa shape index (κ3) is 3.16. The van der Waals surface area contributed by atoms with Crippen molar-refractivity contribution >= 4 is 38.9 Å². The molecule has 0 amide bonds. The maximum absolute atomic E-state index is 14.0. The highest BCUT2D eigenvalue weighted by Gasteiger charge is 2.15. The van der Waals surface area contributed by atoms with E-state index in [9.17, 15) is 9.18 Å². The molecule has 1 aromatic heterocycles. The summed E-state index contributed by atoms with van der Waals surface area (Å²) >= 11 is 4.53. The predicted octanol–water partition coefficient (Wildman–Crippen LogP) is 3.92. The molecule has 2 rings (SSSR count). The van der Waals surface area contributed by atoms with E-state index in [1.807, 2.05) is 13.1 Å². The Labute approximate surface area is 127 Å². The van der Waals surface area contributed by atoms with Crippen molar-refractivity contribution < 1.29 is 14.3 Å². The number of aromatic carboxylic acids is 1. The van der Waals surface area contributed by atoms with Gasteiger partial charge in [-0.1, -0.05) is 6.92 Å². The molecule has 0 bridgehead atoms. The van der Waals surface area contributed by atoms with Gasteiger partial charge in [0.05, 0.1) is 22.3 Å². The van der Waals surface area contributed by atoms with Crippen LogP contribution >= 0.6 is 27.3 Å². The van der Waals surface area contributed by atoms with Crippen LogP contribution in [-0.4, -0.2) is 16.1 Å². The van der Waals surface area contributed by atoms with Crippen LogP contribution in [-0.2, 0) is 13.0 Å². The number of hydrogen-bond donors (Lipinski definition) is 2. The van der Waals surface area contributed by atoms with Crippen molar-refractivity contribution in [2.24, 2.45) is 0 Å². The summed E-state index contributed by atoms with van der Waals surface area (Å²) in [6.45, 7) is 2.45. The Hall–Kier alpha value is -1.47. The van der Waals surface area contributed by atoms with Crippen molar-refractivity contribution in [3.8, 4) is 0 Å². The molecule has 7 heteroatoms. The largest absolute Gasteiger partial charge is 0.478 e. The van der Waals surface area contributed by atoms with Crippen LogP contribution in [0, 0.1) is 5.82 Å². The highest BCUT2D eigenvalue weighted by molar-refractivity contribution is 9.10. The summed E-state index contributed by atoms with van der Waals surface area (Å²) in [5, 5.41) is 12.7. The zero-order valence-electron chi connectivity index (χ0n) is 10.6. The molecule has 0 spiro atoms. The quantitative estimate of drug-likeness (QED) is 0.850. The van der Waals surface area contributed by atoms with Gasteiger partial charge in [0.2, 0.25) is 0 Å². The van der Waals surface area contributed by atoms with Gasteiger partial charge in [-0.3, -0.25) is 0 Å². The van der Waals surface area contributed by atoms with E-state index in [2.05, 4.69) is 26.2 Å². The summed E-state index contributed by atoms with van der Waals surface area (Å²) in [4.78, 5) is 16.3. The fraction of sp³-hybridized carbons (Fsp3) is 0.231. The molecule has 2 aromatic rings. The van der Waals surface area contributed by atoms with Crippen molar-refractivity contribution in [3.63, 3.8) is 0 Å². The van der Waals surface area contributed by atoms with Gasteiger partial charge in [0, 0.05) is 11.1 Å². The minimum absolute atomic E-state index is 0.0524. The van der Waals surface area contributed by atoms with Crippen molar-refractivity contribution in [2.75, 3.05) is 5.32 Å². The van der Waals surface area contributed by atoms with Gasteiger partial charge in [0.25, 0.3) is 0 Å². The van der Waals surface area contributed by atoms with Crippen molar-refractivity contribution in [1.82, 2.24) is 4.98 Å². The Morgan fingerprint density at radius 1 is 1.55 bits per heavy atom. The number of thiazole rings is 1. The first-order valence-corrected chi connectivity index (χ1v) is 7.52. The fourth-order valence-electron chi connectivity index (χ4n) is 1.62. The monoisotopic (exact) mass is 358 g/mol. The molecule has 1 heterocycles. The number of hydrogen-bond acceptors (Lipinski definition) is 4. The zero-order chi connectivity index (χ0) is 14.7. The smallest absolute Gasteiger partial charge is 0.336 e. The van der Waals surface area contributed by atoms with Gasteiger partial charge in [0.15, 0.2) is 5.82 Å². The van der Waals surface area contributed by atoms with Crippen LogP contribution in [0.25, 0.3) is 0 Å². The average molecular weight is 359 g/mol. The molecule has 0 atom stereocenters. The van der Waals surface area contributed by atoms with E-state index in [4.69, 9.17) is 5.11 Å². The zero-order valence-corrected chi connectivity index (χ0v) is 13.0. The maximum atomic E-state index is 14.0. The van der Waals surface area contributed by atoms with Crippen LogP contribution in [0.3, 0.4) is 0 Å². The molecule has 0 saturated carbocycles. The van der Waals surface area contributed by atoms with Crippen LogP contribution in [0.2, 0.25) is 0 Å². The number of halogens is 2. The topological polar surface area (TPSA) is 62.2 Å². The van der Waals surface area contributed by atoms with Gasteiger partial charge in [-0.05, 0) is 34.5 Å². The number of carbonyl (C=O) groups is 1. The van der Waals surface area contributed by atoms with E-state index < -0.39 is 11.8 Å². The standard InChI is InChI=1S/C13H12BrFN2O2S/c1-2-7-5-17-10(20-7)6-16-9-4-3-8(13(18)19)11(14)12(9)15/h3-5,16H,2,6H2,1H3,(H,18,19). The predicted molar refractivity (Wildman–Crippen MR) is 79.9 cm³/mol. The lowest BCUT2D eigenvalue weighted by atomic mass is 10.2. The van der Waals surface area contributed by atoms with Gasteiger partial charge in [-0.25, -0.2) is 14.2 Å². The van der Waals surface area contributed by atoms with Gasteiger partial charge in [-0.2, -0.15) is 0 Å². The average Bonchev–Trinajstić information content (AvgIpc) is 2.88. The molecule has 1 aromatic carbocycles. The number of anilines is 1. The minimum atomic E-state index is -1.17. The van der Waals surface area contributed by atoms with Crippen LogP contribution in [0.5, 0.6) is 0 Å². The fourth-order valence-corrected chi connectivity index (χ4v) is 2.93. The lowest BCUT2D eigenvalue weighted by Crippen LogP contribution is -2.05. The molecule has 2 N–H and O–H groups in total. The molecule has 0 aliphatic heterocycles. The summed E-state index contributed by atoms with van der Waals surface area (Å²) in [5.41, 5.74) is 0.144. The van der Waals surface area contributed by atoms with Gasteiger partial charge < -0.3 is 10.4 Å². The lowest BCUT2D eigenvalue weighted by molar-refractivity contribution is 0.0695. The minimum Gasteiger partial charge on any atom is -0.478 e. The number of carboxylic acid groups (broad SMARTS) is 1. The summed E-state index contributed by atoms with van der Waals surface area (Å²) in [6.07, 6.45) is 2.73. The third-order valence-corrected chi connectivity index (χ3v) is 4.61. The molecule has 4 nitrogen and oxygen atoms in total. The Morgan fingerprint density at radius 2 is 2.30 bits per heavy atom. The highest BCUT2D eigenvalue weighted by atomic mass is 79.9. The van der Waals surface area contributed by atoms with E-state index in [1.165, 1.54) is 17.0 Å². The van der Waals surface area contributed by atoms with Gasteiger partial charge in [-0.15, -0.1) is 11.3 Å². The van der Waals surface area contributed by atoms with E-state index >= 15 is 0 Å². The van der Waals surface area contributed by atoms with E-state index in [-0.39, 0.29) is 15.7 Å². The lowest BCUT2D eigenvalue weighted by Gasteiger charge is -2.08. The molecule has 106 valence electrons. The summed E-state index contributed by atoms with van der Waals surface area (Å²) in [6, 6.07) is 2.77. The maximum Gasteiger partial charge on any atom is 0.336 e. The number of nitrogens with one attached hydrogen (secondary N) is 1. The van der Waals surface area contributed by atoms with Crippen molar-refractivity contribution in [1.29, 1.82) is 0 Å². The first-order chi connectivity index (χ1) is 9.52. The summed E-state index contributed by atoms with van der Waals surface area (Å²) < 4.78 is 14.0. The van der Waals surface area contributed by atoms with Crippen molar-refractivity contribution in [2.45, 2.75) is 19.9 Å². The molecular formula is C13H12BrFN2O2S. The van der Waals surface area contributed by atoms with Crippen LogP contribution in [0.15, 0.2) is 22.8 Å². The van der Waals surface area contributed by atoms with Crippen LogP contribution in [0.4, 0.5) is 10.1 Å². The third-order valence-electron chi connectivity index (χ3n) is 2.69. The Balaban J connectivity index is 2.14. The second-order valence-corrected chi connectivity index (χ2v) is 6.01. The van der Waals surface area contributed by atoms with E-state index in [1.54, 1.807) is 11.3 Å². The van der Waals surface area contributed by atoms with E-state index in [0.29, 0.717) is 6.54 Å². The van der Waals surface area contributed by atoms with Crippen molar-refractivity contribution in [3.05, 3.63) is 44.1 Å². The molecular weight excluding hydrogens is 347 g/mol. The first kappa shape index (κ1) is 14.9. The second kappa shape index (κ2) is 6.32. The van der Waals surface area contributed by atoms with Crippen LogP contribution < -0.4 is 5.32 Å². The molecule has 0 aliphatic rings. The van der Waals surface area contributed by atoms with Gasteiger partial charge in [0.1, 0.15) is 5.01 Å². The number of aromatic nitrogens is 1. The summed E-state index contributed by atoms with van der Waals surface area (Å²) in [7, 11) is 0. The van der Waals surface area contributed by atoms with E-state index in [0.717, 1.165) is 11.4 Å². The van der Waals surface area contributed by atoms with Crippen LogP contribution in [0.1, 0.15) is 27.2 Å². The number of carboxylic acids is 1. The van der Waals surface area contributed by atoms with Gasteiger partial charge >= 0.3 is 5.97 Å². The number of benzene rings is 1. The molecule has 20 heavy (non-hydrogen) atoms. The highest BCUT2D eigenvalue weighted by Crippen LogP contribution is 2.27. The molecule has 0 fully saturated rings. The molecule has 0 radical (unpaired) electrons. The Morgan fingerprint density at radius 3 is 2.90 bits per heavy atom. The normalized spacial score (nSPS) is 10.6. The number of nitrogens with zero attached hydrogens (tertiary/aromatic N) is 1. The molecule has 0 aliphatic carbocycles.